The molecule has 1 unspecified atom stereocenters. The van der Waals surface area contributed by atoms with Crippen LogP contribution in [0.25, 0.3) is 0 Å². The molecule has 1 atom stereocenters. The van der Waals surface area contributed by atoms with Crippen molar-refractivity contribution < 1.29 is 23.7 Å². The van der Waals surface area contributed by atoms with E-state index in [9.17, 15) is 23.7 Å². The van der Waals surface area contributed by atoms with Crippen LogP contribution in [-0.2, 0) is 16.4 Å². The molecule has 0 aliphatic carbocycles. The van der Waals surface area contributed by atoms with Crippen molar-refractivity contribution >= 4 is 9.84 Å². The number of phenols is 3. The minimum Gasteiger partial charge on any atom is -0.504 e. The number of hydrogen-bond donors (Lipinski definition) is 4. The van der Waals surface area contributed by atoms with Gasteiger partial charge in [0.15, 0.2) is 21.3 Å². The molecule has 19 heavy (non-hydrogen) atoms. The zero-order valence-corrected chi connectivity index (χ0v) is 11.4. The minimum atomic E-state index is -3.00. The van der Waals surface area contributed by atoms with E-state index in [1.165, 1.54) is 12.1 Å². The highest BCUT2D eigenvalue weighted by molar-refractivity contribution is 7.91. The van der Waals surface area contributed by atoms with E-state index in [-0.39, 0.29) is 18.1 Å². The van der Waals surface area contributed by atoms with Gasteiger partial charge in [0.1, 0.15) is 0 Å². The molecule has 1 fully saturated rings. The number of benzene rings is 1. The summed E-state index contributed by atoms with van der Waals surface area (Å²) < 4.78 is 22.9. The molecule has 0 bridgehead atoms. The number of phenolic OH excluding ortho intramolecular Hbond substituents is 3. The van der Waals surface area contributed by atoms with Crippen molar-refractivity contribution in [2.24, 2.45) is 0 Å². The van der Waals surface area contributed by atoms with Gasteiger partial charge in [-0.1, -0.05) is 6.07 Å². The Morgan fingerprint density at radius 3 is 2.53 bits per heavy atom. The fourth-order valence-corrected chi connectivity index (χ4v) is 4.33. The first-order chi connectivity index (χ1) is 8.72. The van der Waals surface area contributed by atoms with Crippen LogP contribution < -0.4 is 5.32 Å². The summed E-state index contributed by atoms with van der Waals surface area (Å²) in [4.78, 5) is 0. The smallest absolute Gasteiger partial charge is 0.200 e. The lowest BCUT2D eigenvalue weighted by atomic mass is 10.0. The first-order valence-corrected chi connectivity index (χ1v) is 7.73. The van der Waals surface area contributed by atoms with Crippen LogP contribution in [0.4, 0.5) is 0 Å². The molecule has 7 heteroatoms. The SMILES string of the molecule is CC1(NCc2ccc(O)c(O)c2O)CCS(=O)(=O)C1. The Balaban J connectivity index is 2.10. The Bertz CT molecular complexity index is 598. The van der Waals surface area contributed by atoms with E-state index < -0.39 is 32.6 Å². The van der Waals surface area contributed by atoms with E-state index in [0.717, 1.165) is 0 Å². The van der Waals surface area contributed by atoms with Crippen molar-refractivity contribution in [2.45, 2.75) is 25.4 Å². The molecule has 1 aliphatic rings. The van der Waals surface area contributed by atoms with E-state index in [2.05, 4.69) is 5.32 Å². The van der Waals surface area contributed by atoms with Crippen molar-refractivity contribution in [3.8, 4) is 17.2 Å². The monoisotopic (exact) mass is 287 g/mol. The highest BCUT2D eigenvalue weighted by Gasteiger charge is 2.37. The van der Waals surface area contributed by atoms with Gasteiger partial charge in [-0.3, -0.25) is 0 Å². The Morgan fingerprint density at radius 2 is 1.95 bits per heavy atom. The molecule has 1 heterocycles. The predicted octanol–water partition coefficient (Wildman–Crippen LogP) is 0.470. The molecular formula is C12H17NO5S. The number of aromatic hydroxyl groups is 3. The molecule has 1 saturated heterocycles. The molecule has 2 rings (SSSR count). The molecule has 0 amide bonds. The molecule has 0 aromatic heterocycles. The largest absolute Gasteiger partial charge is 0.504 e. The summed E-state index contributed by atoms with van der Waals surface area (Å²) in [6, 6.07) is 2.75. The zero-order valence-electron chi connectivity index (χ0n) is 10.5. The van der Waals surface area contributed by atoms with Gasteiger partial charge in [-0.15, -0.1) is 0 Å². The van der Waals surface area contributed by atoms with E-state index in [4.69, 9.17) is 0 Å². The number of rotatable bonds is 3. The first-order valence-electron chi connectivity index (χ1n) is 5.91. The molecule has 1 aromatic carbocycles. The van der Waals surface area contributed by atoms with Crippen LogP contribution in [0, 0.1) is 0 Å². The second-order valence-electron chi connectivity index (χ2n) is 5.20. The van der Waals surface area contributed by atoms with Gasteiger partial charge in [0.2, 0.25) is 5.75 Å². The Morgan fingerprint density at radius 1 is 1.26 bits per heavy atom. The summed E-state index contributed by atoms with van der Waals surface area (Å²) in [5.41, 5.74) is -0.125. The fraction of sp³-hybridized carbons (Fsp3) is 0.500. The van der Waals surface area contributed by atoms with Crippen LogP contribution in [0.15, 0.2) is 12.1 Å². The predicted molar refractivity (Wildman–Crippen MR) is 70.0 cm³/mol. The van der Waals surface area contributed by atoms with Crippen molar-refractivity contribution in [3.05, 3.63) is 17.7 Å². The third kappa shape index (κ3) is 2.93. The highest BCUT2D eigenvalue weighted by atomic mass is 32.2. The zero-order chi connectivity index (χ0) is 14.3. The lowest BCUT2D eigenvalue weighted by molar-refractivity contribution is 0.356. The van der Waals surface area contributed by atoms with Crippen LogP contribution in [0.2, 0.25) is 0 Å². The maximum atomic E-state index is 11.5. The second kappa shape index (κ2) is 4.57. The van der Waals surface area contributed by atoms with E-state index in [1.54, 1.807) is 0 Å². The van der Waals surface area contributed by atoms with Crippen LogP contribution in [-0.4, -0.2) is 40.8 Å². The molecular weight excluding hydrogens is 270 g/mol. The lowest BCUT2D eigenvalue weighted by Gasteiger charge is -2.24. The summed E-state index contributed by atoms with van der Waals surface area (Å²) in [6.07, 6.45) is 0.514. The third-order valence-electron chi connectivity index (χ3n) is 3.42. The average molecular weight is 287 g/mol. The summed E-state index contributed by atoms with van der Waals surface area (Å²) >= 11 is 0. The van der Waals surface area contributed by atoms with Crippen LogP contribution in [0.3, 0.4) is 0 Å². The maximum Gasteiger partial charge on any atom is 0.200 e. The molecule has 6 nitrogen and oxygen atoms in total. The summed E-state index contributed by atoms with van der Waals surface area (Å²) in [7, 11) is -3.00. The number of hydrogen-bond acceptors (Lipinski definition) is 6. The first kappa shape index (κ1) is 14.0. The summed E-state index contributed by atoms with van der Waals surface area (Å²) in [6.45, 7) is 2.03. The van der Waals surface area contributed by atoms with Crippen molar-refractivity contribution in [2.75, 3.05) is 11.5 Å². The Labute approximate surface area is 111 Å². The standard InChI is InChI=1S/C12H17NO5S/c1-12(4-5-19(17,18)7-12)13-6-8-2-3-9(14)11(16)10(8)15/h2-3,13-16H,4-7H2,1H3. The summed E-state index contributed by atoms with van der Waals surface area (Å²) in [5.74, 6) is -1.13. The minimum absolute atomic E-state index is 0.0603. The van der Waals surface area contributed by atoms with Crippen molar-refractivity contribution in [3.63, 3.8) is 0 Å². The normalized spacial score (nSPS) is 25.5. The quantitative estimate of drug-likeness (QED) is 0.602. The molecule has 4 N–H and O–H groups in total. The third-order valence-corrected chi connectivity index (χ3v) is 5.33. The molecule has 1 aliphatic heterocycles. The van der Waals surface area contributed by atoms with Gasteiger partial charge in [0.25, 0.3) is 0 Å². The molecule has 0 saturated carbocycles. The van der Waals surface area contributed by atoms with Crippen molar-refractivity contribution in [1.82, 2.24) is 5.32 Å². The van der Waals surface area contributed by atoms with Gasteiger partial charge >= 0.3 is 0 Å². The van der Waals surface area contributed by atoms with E-state index in [0.29, 0.717) is 12.0 Å². The van der Waals surface area contributed by atoms with Gasteiger partial charge < -0.3 is 20.6 Å². The van der Waals surface area contributed by atoms with Crippen LogP contribution >= 0.6 is 0 Å². The lowest BCUT2D eigenvalue weighted by Crippen LogP contribution is -2.42. The molecule has 1 aromatic rings. The van der Waals surface area contributed by atoms with Crippen molar-refractivity contribution in [1.29, 1.82) is 0 Å². The van der Waals surface area contributed by atoms with E-state index >= 15 is 0 Å². The Kier molecular flexibility index (Phi) is 3.36. The highest BCUT2D eigenvalue weighted by Crippen LogP contribution is 2.37. The van der Waals surface area contributed by atoms with Crippen LogP contribution in [0.1, 0.15) is 18.9 Å². The fourth-order valence-electron chi connectivity index (χ4n) is 2.21. The summed E-state index contributed by atoms with van der Waals surface area (Å²) in [5, 5.41) is 31.4. The van der Waals surface area contributed by atoms with E-state index in [1.807, 2.05) is 6.92 Å². The van der Waals surface area contributed by atoms with Gasteiger partial charge in [-0.05, 0) is 19.4 Å². The van der Waals surface area contributed by atoms with Gasteiger partial charge in [-0.2, -0.15) is 0 Å². The average Bonchev–Trinajstić information content (AvgIpc) is 2.60. The Hall–Kier alpha value is -1.47. The van der Waals surface area contributed by atoms with Gasteiger partial charge in [-0.25, -0.2) is 8.42 Å². The maximum absolute atomic E-state index is 11.5. The number of sulfone groups is 1. The van der Waals surface area contributed by atoms with Crippen LogP contribution in [0.5, 0.6) is 17.2 Å². The second-order valence-corrected chi connectivity index (χ2v) is 7.38. The topological polar surface area (TPSA) is 107 Å². The molecule has 0 spiro atoms. The molecule has 106 valence electrons. The van der Waals surface area contributed by atoms with Gasteiger partial charge in [0, 0.05) is 17.6 Å². The number of nitrogens with one attached hydrogen (secondary N) is 1. The molecule has 0 radical (unpaired) electrons. The van der Waals surface area contributed by atoms with Gasteiger partial charge in [0.05, 0.1) is 11.5 Å².